The molecule has 2 heterocycles. The lowest BCUT2D eigenvalue weighted by Crippen LogP contribution is -2.43. The zero-order valence-electron chi connectivity index (χ0n) is 20.5. The number of carbonyl (C=O) groups is 2. The fourth-order valence-electron chi connectivity index (χ4n) is 3.96. The second-order valence-electron chi connectivity index (χ2n) is 8.45. The molecule has 3 aromatic rings. The van der Waals surface area contributed by atoms with E-state index in [1.807, 2.05) is 25.1 Å². The van der Waals surface area contributed by atoms with Gasteiger partial charge in [0.25, 0.3) is 5.91 Å². The Morgan fingerprint density at radius 3 is 2.49 bits per heavy atom. The lowest BCUT2D eigenvalue weighted by Gasteiger charge is -2.28. The molecule has 196 valence electrons. The first-order valence-corrected chi connectivity index (χ1v) is 12.7. The Balaban J connectivity index is 1.54. The van der Waals surface area contributed by atoms with Gasteiger partial charge in [-0.3, -0.25) is 9.59 Å². The number of furan rings is 1. The minimum atomic E-state index is -0.338. The van der Waals surface area contributed by atoms with Crippen molar-refractivity contribution in [2.45, 2.75) is 26.4 Å². The monoisotopic (exact) mass is 546 g/mol. The summed E-state index contributed by atoms with van der Waals surface area (Å²) in [7, 11) is 0. The van der Waals surface area contributed by atoms with Gasteiger partial charge in [0.2, 0.25) is 12.7 Å². The van der Waals surface area contributed by atoms with Crippen LogP contribution in [0.25, 0.3) is 0 Å². The van der Waals surface area contributed by atoms with Gasteiger partial charge in [-0.25, -0.2) is 0 Å². The van der Waals surface area contributed by atoms with Crippen LogP contribution < -0.4 is 9.47 Å². The van der Waals surface area contributed by atoms with Gasteiger partial charge in [-0.05, 0) is 61.4 Å². The van der Waals surface area contributed by atoms with E-state index in [0.29, 0.717) is 65.6 Å². The van der Waals surface area contributed by atoms with E-state index in [4.69, 9.17) is 41.8 Å². The number of benzene rings is 2. The molecule has 0 saturated heterocycles. The molecule has 0 unspecified atom stereocenters. The first kappa shape index (κ1) is 26.9. The molecule has 0 fully saturated rings. The summed E-state index contributed by atoms with van der Waals surface area (Å²) in [6.45, 7) is 3.84. The molecule has 8 nitrogen and oxygen atoms in total. The summed E-state index contributed by atoms with van der Waals surface area (Å²) in [4.78, 5) is 30.2. The van der Waals surface area contributed by atoms with Crippen LogP contribution in [-0.2, 0) is 22.6 Å². The van der Waals surface area contributed by atoms with Gasteiger partial charge in [-0.2, -0.15) is 0 Å². The van der Waals surface area contributed by atoms with Gasteiger partial charge in [0, 0.05) is 41.9 Å². The van der Waals surface area contributed by atoms with Crippen molar-refractivity contribution in [3.8, 4) is 11.5 Å². The SMILES string of the molecule is CCOCCCN(CC(=O)N(Cc1ccc2c(c1)OCO2)Cc1ccco1)C(=O)c1cc(Cl)cc(Cl)c1. The van der Waals surface area contributed by atoms with Gasteiger partial charge in [0.1, 0.15) is 12.3 Å². The molecule has 2 amide bonds. The lowest BCUT2D eigenvalue weighted by atomic mass is 10.1. The Morgan fingerprint density at radius 1 is 0.973 bits per heavy atom. The zero-order valence-corrected chi connectivity index (χ0v) is 22.0. The molecule has 1 aliphatic rings. The maximum atomic E-state index is 13.6. The van der Waals surface area contributed by atoms with E-state index in [2.05, 4.69) is 0 Å². The first-order chi connectivity index (χ1) is 17.9. The molecular formula is C27H28Cl2N2O6. The molecule has 37 heavy (non-hydrogen) atoms. The standard InChI is InChI=1S/C27H28Cl2N2O6/c1-2-34-9-4-8-30(27(33)20-12-21(28)14-22(29)13-20)17-26(32)31(16-23-5-3-10-35-23)15-19-6-7-24-25(11-19)37-18-36-24/h3,5-7,10-14H,2,4,8-9,15-18H2,1H3. The van der Waals surface area contributed by atoms with E-state index < -0.39 is 0 Å². The predicted octanol–water partition coefficient (Wildman–Crippen LogP) is 5.41. The van der Waals surface area contributed by atoms with Gasteiger partial charge in [-0.15, -0.1) is 0 Å². The molecule has 0 N–H and O–H groups in total. The van der Waals surface area contributed by atoms with Crippen molar-refractivity contribution >= 4 is 35.0 Å². The molecule has 2 aromatic carbocycles. The summed E-state index contributed by atoms with van der Waals surface area (Å²) in [6.07, 6.45) is 2.13. The third-order valence-electron chi connectivity index (χ3n) is 5.73. The number of fused-ring (bicyclic) bond motifs is 1. The third-order valence-corrected chi connectivity index (χ3v) is 6.17. The van der Waals surface area contributed by atoms with Crippen molar-refractivity contribution in [3.05, 3.63) is 81.7 Å². The summed E-state index contributed by atoms with van der Waals surface area (Å²) in [5.74, 6) is 1.35. The largest absolute Gasteiger partial charge is 0.467 e. The van der Waals surface area contributed by atoms with E-state index in [9.17, 15) is 9.59 Å². The average molecular weight is 547 g/mol. The van der Waals surface area contributed by atoms with Crippen molar-refractivity contribution < 1.29 is 28.2 Å². The van der Waals surface area contributed by atoms with Crippen LogP contribution in [0.5, 0.6) is 11.5 Å². The van der Waals surface area contributed by atoms with Crippen molar-refractivity contribution in [1.82, 2.24) is 9.80 Å². The highest BCUT2D eigenvalue weighted by Gasteiger charge is 2.24. The van der Waals surface area contributed by atoms with E-state index in [0.717, 1.165) is 5.56 Å². The average Bonchev–Trinajstić information content (AvgIpc) is 3.56. The maximum Gasteiger partial charge on any atom is 0.254 e. The van der Waals surface area contributed by atoms with Crippen LogP contribution >= 0.6 is 23.2 Å². The van der Waals surface area contributed by atoms with Crippen LogP contribution in [0.3, 0.4) is 0 Å². The molecule has 0 radical (unpaired) electrons. The Labute approximate surface area is 225 Å². The van der Waals surface area contributed by atoms with Gasteiger partial charge < -0.3 is 28.4 Å². The maximum absolute atomic E-state index is 13.6. The second-order valence-corrected chi connectivity index (χ2v) is 9.32. The molecule has 0 aliphatic carbocycles. The van der Waals surface area contributed by atoms with Crippen LogP contribution in [0.2, 0.25) is 10.0 Å². The smallest absolute Gasteiger partial charge is 0.254 e. The fourth-order valence-corrected chi connectivity index (χ4v) is 4.49. The van der Waals surface area contributed by atoms with E-state index in [-0.39, 0.29) is 31.7 Å². The molecule has 0 bridgehead atoms. The molecule has 1 aliphatic heterocycles. The normalized spacial score (nSPS) is 12.0. The molecule has 0 atom stereocenters. The molecule has 10 heteroatoms. The van der Waals surface area contributed by atoms with Gasteiger partial charge in [0.05, 0.1) is 12.8 Å². The third kappa shape index (κ3) is 7.41. The summed E-state index contributed by atoms with van der Waals surface area (Å²) >= 11 is 12.3. The van der Waals surface area contributed by atoms with Crippen molar-refractivity contribution in [2.24, 2.45) is 0 Å². The Morgan fingerprint density at radius 2 is 1.76 bits per heavy atom. The highest BCUT2D eigenvalue weighted by atomic mass is 35.5. The summed E-state index contributed by atoms with van der Waals surface area (Å²) < 4.78 is 21.8. The first-order valence-electron chi connectivity index (χ1n) is 11.9. The summed E-state index contributed by atoms with van der Waals surface area (Å²) in [5, 5.41) is 0.692. The number of rotatable bonds is 12. The number of nitrogens with zero attached hydrogens (tertiary/aromatic N) is 2. The number of amides is 2. The summed E-state index contributed by atoms with van der Waals surface area (Å²) in [6, 6.07) is 13.8. The summed E-state index contributed by atoms with van der Waals surface area (Å²) in [5.41, 5.74) is 1.18. The topological polar surface area (TPSA) is 81.5 Å². The molecular weight excluding hydrogens is 519 g/mol. The van der Waals surface area contributed by atoms with Crippen LogP contribution in [-0.4, -0.2) is 54.7 Å². The van der Waals surface area contributed by atoms with Crippen LogP contribution in [0.15, 0.2) is 59.2 Å². The lowest BCUT2D eigenvalue weighted by molar-refractivity contribution is -0.133. The van der Waals surface area contributed by atoms with E-state index >= 15 is 0 Å². The fraction of sp³-hybridized carbons (Fsp3) is 0.333. The van der Waals surface area contributed by atoms with E-state index in [1.165, 1.54) is 4.90 Å². The quantitative estimate of drug-likeness (QED) is 0.282. The van der Waals surface area contributed by atoms with Crippen molar-refractivity contribution in [3.63, 3.8) is 0 Å². The number of hydrogen-bond donors (Lipinski definition) is 0. The highest BCUT2D eigenvalue weighted by molar-refractivity contribution is 6.35. The van der Waals surface area contributed by atoms with Gasteiger partial charge in [-0.1, -0.05) is 29.3 Å². The number of hydrogen-bond acceptors (Lipinski definition) is 6. The Hall–Kier alpha value is -3.20. The number of halogens is 2. The highest BCUT2D eigenvalue weighted by Crippen LogP contribution is 2.33. The molecule has 0 spiro atoms. The minimum Gasteiger partial charge on any atom is -0.467 e. The molecule has 0 saturated carbocycles. The second kappa shape index (κ2) is 12.9. The minimum absolute atomic E-state index is 0.139. The predicted molar refractivity (Wildman–Crippen MR) is 139 cm³/mol. The molecule has 4 rings (SSSR count). The van der Waals surface area contributed by atoms with E-state index in [1.54, 1.807) is 41.5 Å². The number of ether oxygens (including phenoxy) is 3. The number of carbonyl (C=O) groups excluding carboxylic acids is 2. The molecule has 1 aromatic heterocycles. The Kier molecular flexibility index (Phi) is 9.33. The van der Waals surface area contributed by atoms with Crippen molar-refractivity contribution in [1.29, 1.82) is 0 Å². The van der Waals surface area contributed by atoms with Crippen molar-refractivity contribution in [2.75, 3.05) is 33.1 Å². The van der Waals surface area contributed by atoms with Gasteiger partial charge >= 0.3 is 0 Å². The zero-order chi connectivity index (χ0) is 26.2. The van der Waals surface area contributed by atoms with Crippen LogP contribution in [0.1, 0.15) is 35.0 Å². The van der Waals surface area contributed by atoms with Crippen LogP contribution in [0, 0.1) is 0 Å². The van der Waals surface area contributed by atoms with Gasteiger partial charge in [0.15, 0.2) is 11.5 Å². The van der Waals surface area contributed by atoms with Crippen LogP contribution in [0.4, 0.5) is 0 Å². The Bertz CT molecular complexity index is 1200.